The SMILES string of the molecule is Cc1nc(-c2ccc(CC(=O)N(C)Cc3ccc(C#N)cc3)cc2)cs1. The van der Waals surface area contributed by atoms with Crippen molar-refractivity contribution in [1.82, 2.24) is 9.88 Å². The lowest BCUT2D eigenvalue weighted by atomic mass is 10.1. The van der Waals surface area contributed by atoms with Crippen molar-refractivity contribution in [3.05, 3.63) is 75.6 Å². The number of nitriles is 1. The molecule has 1 heterocycles. The van der Waals surface area contributed by atoms with Crippen LogP contribution in [0.5, 0.6) is 0 Å². The zero-order chi connectivity index (χ0) is 18.5. The third kappa shape index (κ3) is 4.35. The van der Waals surface area contributed by atoms with Crippen molar-refractivity contribution >= 4 is 17.2 Å². The average Bonchev–Trinajstić information content (AvgIpc) is 3.09. The zero-order valence-corrected chi connectivity index (χ0v) is 15.6. The van der Waals surface area contributed by atoms with Gasteiger partial charge in [-0.05, 0) is 30.2 Å². The highest BCUT2D eigenvalue weighted by Gasteiger charge is 2.11. The summed E-state index contributed by atoms with van der Waals surface area (Å²) in [4.78, 5) is 18.7. The molecule has 0 unspecified atom stereocenters. The number of aryl methyl sites for hydroxylation is 1. The molecule has 3 rings (SSSR count). The zero-order valence-electron chi connectivity index (χ0n) is 14.8. The topological polar surface area (TPSA) is 57.0 Å². The van der Waals surface area contributed by atoms with Gasteiger partial charge in [0.15, 0.2) is 0 Å². The van der Waals surface area contributed by atoms with Crippen molar-refractivity contribution < 1.29 is 4.79 Å². The van der Waals surface area contributed by atoms with Crippen LogP contribution in [0.15, 0.2) is 53.9 Å². The monoisotopic (exact) mass is 361 g/mol. The van der Waals surface area contributed by atoms with Crippen molar-refractivity contribution in [2.24, 2.45) is 0 Å². The van der Waals surface area contributed by atoms with Gasteiger partial charge in [-0.3, -0.25) is 4.79 Å². The number of amides is 1. The number of likely N-dealkylation sites (N-methyl/N-ethyl adjacent to an activating group) is 1. The van der Waals surface area contributed by atoms with Gasteiger partial charge in [-0.25, -0.2) is 4.98 Å². The lowest BCUT2D eigenvalue weighted by Crippen LogP contribution is -2.27. The second kappa shape index (κ2) is 7.94. The fourth-order valence-corrected chi connectivity index (χ4v) is 3.27. The Morgan fingerprint density at radius 2 is 1.77 bits per heavy atom. The summed E-state index contributed by atoms with van der Waals surface area (Å²) in [5, 5.41) is 11.9. The Balaban J connectivity index is 1.60. The molecular formula is C21H19N3OS. The van der Waals surface area contributed by atoms with Crippen LogP contribution in [0.25, 0.3) is 11.3 Å². The molecule has 0 aliphatic carbocycles. The summed E-state index contributed by atoms with van der Waals surface area (Å²) in [7, 11) is 1.80. The summed E-state index contributed by atoms with van der Waals surface area (Å²) in [6.45, 7) is 2.52. The first-order chi connectivity index (χ1) is 12.5. The molecule has 26 heavy (non-hydrogen) atoms. The third-order valence-electron chi connectivity index (χ3n) is 4.15. The minimum atomic E-state index is 0.0617. The van der Waals surface area contributed by atoms with Crippen molar-refractivity contribution in [2.75, 3.05) is 7.05 Å². The van der Waals surface area contributed by atoms with E-state index in [1.54, 1.807) is 35.4 Å². The normalized spacial score (nSPS) is 10.3. The van der Waals surface area contributed by atoms with E-state index in [1.165, 1.54) is 0 Å². The van der Waals surface area contributed by atoms with Gasteiger partial charge in [0.05, 0.1) is 28.8 Å². The van der Waals surface area contributed by atoms with Gasteiger partial charge in [0, 0.05) is 24.5 Å². The highest BCUT2D eigenvalue weighted by atomic mass is 32.1. The first kappa shape index (κ1) is 17.8. The lowest BCUT2D eigenvalue weighted by Gasteiger charge is -2.17. The van der Waals surface area contributed by atoms with Crippen LogP contribution < -0.4 is 0 Å². The summed E-state index contributed by atoms with van der Waals surface area (Å²) in [6, 6.07) is 17.4. The molecule has 1 amide bonds. The van der Waals surface area contributed by atoms with Crippen LogP contribution in [0.1, 0.15) is 21.7 Å². The smallest absolute Gasteiger partial charge is 0.227 e. The van der Waals surface area contributed by atoms with E-state index in [1.807, 2.05) is 48.7 Å². The molecule has 0 atom stereocenters. The standard InChI is InChI=1S/C21H19N3OS/c1-15-23-20(14-26-15)19-9-7-16(8-10-19)11-21(25)24(2)13-18-5-3-17(12-22)4-6-18/h3-10,14H,11,13H2,1-2H3. The van der Waals surface area contributed by atoms with Crippen molar-refractivity contribution in [2.45, 2.75) is 19.9 Å². The predicted molar refractivity (Wildman–Crippen MR) is 104 cm³/mol. The first-order valence-electron chi connectivity index (χ1n) is 8.29. The summed E-state index contributed by atoms with van der Waals surface area (Å²) in [6.07, 6.45) is 0.364. The van der Waals surface area contributed by atoms with E-state index >= 15 is 0 Å². The van der Waals surface area contributed by atoms with Crippen LogP contribution >= 0.6 is 11.3 Å². The Labute approximate surface area is 157 Å². The molecule has 0 saturated carbocycles. The molecule has 0 saturated heterocycles. The summed E-state index contributed by atoms with van der Waals surface area (Å²) in [5.41, 5.74) is 4.66. The number of hydrogen-bond donors (Lipinski definition) is 0. The van der Waals surface area contributed by atoms with Gasteiger partial charge in [0.1, 0.15) is 0 Å². The minimum Gasteiger partial charge on any atom is -0.341 e. The van der Waals surface area contributed by atoms with E-state index in [9.17, 15) is 4.79 Å². The van der Waals surface area contributed by atoms with E-state index in [4.69, 9.17) is 5.26 Å². The number of carbonyl (C=O) groups excluding carboxylic acids is 1. The van der Waals surface area contributed by atoms with E-state index < -0.39 is 0 Å². The molecule has 3 aromatic rings. The Morgan fingerprint density at radius 3 is 2.35 bits per heavy atom. The number of thiazole rings is 1. The molecule has 0 fully saturated rings. The fraction of sp³-hybridized carbons (Fsp3) is 0.190. The number of aromatic nitrogens is 1. The quantitative estimate of drug-likeness (QED) is 0.685. The second-order valence-electron chi connectivity index (χ2n) is 6.18. The van der Waals surface area contributed by atoms with Gasteiger partial charge in [-0.15, -0.1) is 11.3 Å². The Hall–Kier alpha value is -2.97. The highest BCUT2D eigenvalue weighted by molar-refractivity contribution is 7.09. The predicted octanol–water partition coefficient (Wildman–Crippen LogP) is 4.19. The largest absolute Gasteiger partial charge is 0.341 e. The average molecular weight is 361 g/mol. The molecule has 0 bridgehead atoms. The molecule has 0 aliphatic rings. The van der Waals surface area contributed by atoms with Gasteiger partial charge in [-0.1, -0.05) is 36.4 Å². The van der Waals surface area contributed by atoms with Gasteiger partial charge >= 0.3 is 0 Å². The molecular weight excluding hydrogens is 342 g/mol. The van der Waals surface area contributed by atoms with Crippen molar-refractivity contribution in [3.63, 3.8) is 0 Å². The Kier molecular flexibility index (Phi) is 5.45. The van der Waals surface area contributed by atoms with Gasteiger partial charge in [0.2, 0.25) is 5.91 Å². The van der Waals surface area contributed by atoms with Crippen LogP contribution in [0.4, 0.5) is 0 Å². The summed E-state index contributed by atoms with van der Waals surface area (Å²) < 4.78 is 0. The Morgan fingerprint density at radius 1 is 1.12 bits per heavy atom. The van der Waals surface area contributed by atoms with Crippen LogP contribution in [-0.4, -0.2) is 22.8 Å². The maximum atomic E-state index is 12.5. The molecule has 0 aliphatic heterocycles. The molecule has 0 spiro atoms. The molecule has 4 nitrogen and oxygen atoms in total. The summed E-state index contributed by atoms with van der Waals surface area (Å²) >= 11 is 1.63. The first-order valence-corrected chi connectivity index (χ1v) is 9.17. The van der Waals surface area contributed by atoms with Gasteiger partial charge in [0.25, 0.3) is 0 Å². The van der Waals surface area contributed by atoms with E-state index in [2.05, 4.69) is 11.1 Å². The van der Waals surface area contributed by atoms with Crippen molar-refractivity contribution in [1.29, 1.82) is 5.26 Å². The number of nitrogens with zero attached hydrogens (tertiary/aromatic N) is 3. The van der Waals surface area contributed by atoms with Crippen LogP contribution in [0.3, 0.4) is 0 Å². The molecule has 130 valence electrons. The molecule has 2 aromatic carbocycles. The number of carbonyl (C=O) groups is 1. The molecule has 0 radical (unpaired) electrons. The number of benzene rings is 2. The van der Waals surface area contributed by atoms with Crippen LogP contribution in [0, 0.1) is 18.3 Å². The van der Waals surface area contributed by atoms with Crippen LogP contribution in [0.2, 0.25) is 0 Å². The maximum Gasteiger partial charge on any atom is 0.227 e. The Bertz CT molecular complexity index is 937. The molecule has 1 aromatic heterocycles. The van der Waals surface area contributed by atoms with Crippen molar-refractivity contribution in [3.8, 4) is 17.3 Å². The third-order valence-corrected chi connectivity index (χ3v) is 4.93. The number of hydrogen-bond acceptors (Lipinski definition) is 4. The minimum absolute atomic E-state index is 0.0617. The highest BCUT2D eigenvalue weighted by Crippen LogP contribution is 2.22. The van der Waals surface area contributed by atoms with E-state index in [-0.39, 0.29) is 5.91 Å². The maximum absolute atomic E-state index is 12.5. The van der Waals surface area contributed by atoms with Crippen LogP contribution in [-0.2, 0) is 17.8 Å². The molecule has 0 N–H and O–H groups in total. The summed E-state index contributed by atoms with van der Waals surface area (Å²) in [5.74, 6) is 0.0617. The fourth-order valence-electron chi connectivity index (χ4n) is 2.65. The van der Waals surface area contributed by atoms with E-state index in [0.717, 1.165) is 27.4 Å². The molecule has 5 heteroatoms. The number of rotatable bonds is 5. The van der Waals surface area contributed by atoms with Gasteiger partial charge in [-0.2, -0.15) is 5.26 Å². The lowest BCUT2D eigenvalue weighted by molar-refractivity contribution is -0.129. The van der Waals surface area contributed by atoms with Gasteiger partial charge < -0.3 is 4.90 Å². The second-order valence-corrected chi connectivity index (χ2v) is 7.25. The van der Waals surface area contributed by atoms with E-state index in [0.29, 0.717) is 18.5 Å².